The molecule has 0 aliphatic carbocycles. The van der Waals surface area contributed by atoms with Crippen molar-refractivity contribution in [3.63, 3.8) is 0 Å². The molecule has 0 aromatic heterocycles. The van der Waals surface area contributed by atoms with E-state index < -0.39 is 0 Å². The number of oxime groups is 1. The first kappa shape index (κ1) is 12.1. The molecule has 2 nitrogen and oxygen atoms in total. The normalized spacial score (nSPS) is 12.3. The minimum atomic E-state index is 0.148. The number of benzene rings is 1. The molecule has 0 aliphatic heterocycles. The SMILES string of the molecule is Cc1cc(C)c(C(C)C)cc1/C(Cl)=N/O. The molecule has 3 heteroatoms. The van der Waals surface area contributed by atoms with Crippen LogP contribution in [-0.4, -0.2) is 10.4 Å². The Morgan fingerprint density at radius 2 is 1.87 bits per heavy atom. The van der Waals surface area contributed by atoms with Crippen LogP contribution in [0.1, 0.15) is 42.0 Å². The van der Waals surface area contributed by atoms with E-state index in [0.29, 0.717) is 5.92 Å². The van der Waals surface area contributed by atoms with Crippen LogP contribution in [0.25, 0.3) is 0 Å². The average Bonchev–Trinajstić information content (AvgIpc) is 2.16. The Morgan fingerprint density at radius 1 is 1.27 bits per heavy atom. The van der Waals surface area contributed by atoms with Gasteiger partial charge in [0.25, 0.3) is 0 Å². The van der Waals surface area contributed by atoms with Crippen LogP contribution < -0.4 is 0 Å². The third-order valence-corrected chi connectivity index (χ3v) is 2.82. The van der Waals surface area contributed by atoms with Crippen molar-refractivity contribution in [2.75, 3.05) is 0 Å². The van der Waals surface area contributed by atoms with E-state index in [9.17, 15) is 0 Å². The quantitative estimate of drug-likeness (QED) is 0.464. The van der Waals surface area contributed by atoms with E-state index in [-0.39, 0.29) is 5.17 Å². The Morgan fingerprint density at radius 3 is 2.33 bits per heavy atom. The van der Waals surface area contributed by atoms with Crippen molar-refractivity contribution in [2.24, 2.45) is 5.16 Å². The molecule has 1 aromatic rings. The Bertz CT molecular complexity index is 397. The molecule has 0 radical (unpaired) electrons. The molecule has 0 heterocycles. The second-order valence-electron chi connectivity index (χ2n) is 4.07. The van der Waals surface area contributed by atoms with Crippen molar-refractivity contribution in [1.29, 1.82) is 0 Å². The van der Waals surface area contributed by atoms with Crippen molar-refractivity contribution < 1.29 is 5.21 Å². The zero-order valence-electron chi connectivity index (χ0n) is 9.50. The first-order valence-corrected chi connectivity index (χ1v) is 5.34. The van der Waals surface area contributed by atoms with Crippen molar-refractivity contribution in [1.82, 2.24) is 0 Å². The maximum Gasteiger partial charge on any atom is 0.175 e. The molecule has 0 saturated carbocycles. The first-order chi connectivity index (χ1) is 6.97. The van der Waals surface area contributed by atoms with Gasteiger partial charge in [-0.3, -0.25) is 0 Å². The standard InChI is InChI=1S/C12H16ClNO/c1-7(2)10-6-11(12(13)14-15)9(4)5-8(10)3/h5-7,15H,1-4H3/b14-12-. The highest BCUT2D eigenvalue weighted by Gasteiger charge is 2.10. The van der Waals surface area contributed by atoms with Crippen molar-refractivity contribution in [3.8, 4) is 0 Å². The van der Waals surface area contributed by atoms with Crippen LogP contribution in [0.3, 0.4) is 0 Å². The van der Waals surface area contributed by atoms with E-state index in [0.717, 1.165) is 11.1 Å². The van der Waals surface area contributed by atoms with Gasteiger partial charge in [-0.05, 0) is 42.5 Å². The zero-order valence-corrected chi connectivity index (χ0v) is 10.3. The maximum atomic E-state index is 8.67. The maximum absolute atomic E-state index is 8.67. The minimum absolute atomic E-state index is 0.148. The van der Waals surface area contributed by atoms with Crippen LogP contribution in [0.4, 0.5) is 0 Å². The predicted octanol–water partition coefficient (Wildman–Crippen LogP) is 3.80. The molecular formula is C12H16ClNO. The summed E-state index contributed by atoms with van der Waals surface area (Å²) in [6.07, 6.45) is 0. The van der Waals surface area contributed by atoms with Crippen molar-refractivity contribution in [2.45, 2.75) is 33.6 Å². The van der Waals surface area contributed by atoms with Gasteiger partial charge in [0, 0.05) is 5.56 Å². The molecule has 0 fully saturated rings. The summed E-state index contributed by atoms with van der Waals surface area (Å²) in [4.78, 5) is 0. The van der Waals surface area contributed by atoms with Crippen LogP contribution in [0.2, 0.25) is 0 Å². The lowest BCUT2D eigenvalue weighted by Crippen LogP contribution is -2.01. The summed E-state index contributed by atoms with van der Waals surface area (Å²) in [6.45, 7) is 8.30. The summed E-state index contributed by atoms with van der Waals surface area (Å²) in [7, 11) is 0. The number of hydrogen-bond acceptors (Lipinski definition) is 2. The summed E-state index contributed by atoms with van der Waals surface area (Å²) >= 11 is 5.82. The van der Waals surface area contributed by atoms with E-state index in [2.05, 4.69) is 32.0 Å². The molecule has 15 heavy (non-hydrogen) atoms. The van der Waals surface area contributed by atoms with Crippen LogP contribution in [-0.2, 0) is 0 Å². The van der Waals surface area contributed by atoms with Gasteiger partial charge in [0.2, 0.25) is 0 Å². The molecule has 0 spiro atoms. The average molecular weight is 226 g/mol. The van der Waals surface area contributed by atoms with Crippen molar-refractivity contribution in [3.05, 3.63) is 34.4 Å². The van der Waals surface area contributed by atoms with E-state index in [1.165, 1.54) is 11.1 Å². The smallest absolute Gasteiger partial charge is 0.175 e. The molecule has 0 atom stereocenters. The van der Waals surface area contributed by atoms with Crippen LogP contribution in [0.5, 0.6) is 0 Å². The van der Waals surface area contributed by atoms with E-state index in [1.807, 2.05) is 13.0 Å². The second kappa shape index (κ2) is 4.67. The molecule has 0 saturated heterocycles. The van der Waals surface area contributed by atoms with E-state index >= 15 is 0 Å². The van der Waals surface area contributed by atoms with E-state index in [1.54, 1.807) is 0 Å². The second-order valence-corrected chi connectivity index (χ2v) is 4.43. The molecule has 0 amide bonds. The number of rotatable bonds is 2. The fourth-order valence-corrected chi connectivity index (χ4v) is 1.97. The Balaban J connectivity index is 3.36. The molecule has 1 N–H and O–H groups in total. The summed E-state index contributed by atoms with van der Waals surface area (Å²) in [5, 5.41) is 11.8. The van der Waals surface area contributed by atoms with Crippen LogP contribution in [0.15, 0.2) is 17.3 Å². The first-order valence-electron chi connectivity index (χ1n) is 4.96. The van der Waals surface area contributed by atoms with Crippen LogP contribution >= 0.6 is 11.6 Å². The van der Waals surface area contributed by atoms with Gasteiger partial charge >= 0.3 is 0 Å². The highest BCUT2D eigenvalue weighted by atomic mass is 35.5. The molecular weight excluding hydrogens is 210 g/mol. The highest BCUT2D eigenvalue weighted by Crippen LogP contribution is 2.24. The van der Waals surface area contributed by atoms with Crippen LogP contribution in [0, 0.1) is 13.8 Å². The molecule has 0 unspecified atom stereocenters. The van der Waals surface area contributed by atoms with Crippen molar-refractivity contribution >= 4 is 16.8 Å². The van der Waals surface area contributed by atoms with Gasteiger partial charge in [0.05, 0.1) is 0 Å². The summed E-state index contributed by atoms with van der Waals surface area (Å²) < 4.78 is 0. The molecule has 82 valence electrons. The minimum Gasteiger partial charge on any atom is -0.410 e. The Kier molecular flexibility index (Phi) is 3.75. The number of halogens is 1. The fraction of sp³-hybridized carbons (Fsp3) is 0.417. The number of aryl methyl sites for hydroxylation is 2. The Labute approximate surface area is 95.6 Å². The molecule has 0 bridgehead atoms. The highest BCUT2D eigenvalue weighted by molar-refractivity contribution is 6.69. The lowest BCUT2D eigenvalue weighted by molar-refractivity contribution is 0.321. The third-order valence-electron chi connectivity index (χ3n) is 2.55. The summed E-state index contributed by atoms with van der Waals surface area (Å²) in [5.41, 5.74) is 4.30. The van der Waals surface area contributed by atoms with Gasteiger partial charge in [-0.2, -0.15) is 0 Å². The topological polar surface area (TPSA) is 32.6 Å². The zero-order chi connectivity index (χ0) is 11.6. The Hall–Kier alpha value is -1.02. The fourth-order valence-electron chi connectivity index (χ4n) is 1.77. The molecule has 1 aromatic carbocycles. The van der Waals surface area contributed by atoms with E-state index in [4.69, 9.17) is 16.8 Å². The molecule has 1 rings (SSSR count). The number of hydrogen-bond donors (Lipinski definition) is 1. The lowest BCUT2D eigenvalue weighted by atomic mass is 9.93. The third kappa shape index (κ3) is 2.51. The predicted molar refractivity (Wildman–Crippen MR) is 64.2 cm³/mol. The number of nitrogens with zero attached hydrogens (tertiary/aromatic N) is 1. The monoisotopic (exact) mass is 225 g/mol. The van der Waals surface area contributed by atoms with Gasteiger partial charge in [-0.15, -0.1) is 0 Å². The molecule has 0 aliphatic rings. The van der Waals surface area contributed by atoms with Gasteiger partial charge in [-0.25, -0.2) is 0 Å². The van der Waals surface area contributed by atoms with Gasteiger partial charge in [-0.1, -0.05) is 36.7 Å². The lowest BCUT2D eigenvalue weighted by Gasteiger charge is -2.13. The summed E-state index contributed by atoms with van der Waals surface area (Å²) in [5.74, 6) is 0.438. The summed E-state index contributed by atoms with van der Waals surface area (Å²) in [6, 6.07) is 4.07. The van der Waals surface area contributed by atoms with Gasteiger partial charge in [0.15, 0.2) is 5.17 Å². The largest absolute Gasteiger partial charge is 0.410 e. The van der Waals surface area contributed by atoms with Gasteiger partial charge in [0.1, 0.15) is 0 Å². The van der Waals surface area contributed by atoms with Gasteiger partial charge < -0.3 is 5.21 Å².